The third-order valence-electron chi connectivity index (χ3n) is 5.85. The summed E-state index contributed by atoms with van der Waals surface area (Å²) in [5.41, 5.74) is 1.15. The van der Waals surface area contributed by atoms with E-state index < -0.39 is 0 Å². The fraction of sp³-hybridized carbons (Fsp3) is 0.571. The highest BCUT2D eigenvalue weighted by Crippen LogP contribution is 2.25. The lowest BCUT2D eigenvalue weighted by molar-refractivity contribution is 0.175. The van der Waals surface area contributed by atoms with Crippen molar-refractivity contribution in [1.29, 1.82) is 0 Å². The molecule has 2 atom stereocenters. The molecule has 7 nitrogen and oxygen atoms in total. The summed E-state index contributed by atoms with van der Waals surface area (Å²) in [6.45, 7) is 3.28. The van der Waals surface area contributed by atoms with E-state index in [2.05, 4.69) is 27.4 Å². The molecule has 2 aliphatic rings. The fourth-order valence-electron chi connectivity index (χ4n) is 4.33. The van der Waals surface area contributed by atoms with Gasteiger partial charge in [-0.2, -0.15) is 4.98 Å². The van der Waals surface area contributed by atoms with Crippen molar-refractivity contribution >= 4 is 6.03 Å². The Balaban J connectivity index is 1.25. The lowest BCUT2D eigenvalue weighted by Crippen LogP contribution is -2.46. The van der Waals surface area contributed by atoms with Crippen LogP contribution in [0.1, 0.15) is 36.5 Å². The zero-order valence-electron chi connectivity index (χ0n) is 16.5. The van der Waals surface area contributed by atoms with E-state index in [9.17, 15) is 4.79 Å². The van der Waals surface area contributed by atoms with E-state index in [4.69, 9.17) is 4.52 Å². The molecule has 0 aliphatic carbocycles. The summed E-state index contributed by atoms with van der Waals surface area (Å²) in [5.74, 6) is 1.83. The van der Waals surface area contributed by atoms with Gasteiger partial charge in [0, 0.05) is 45.1 Å². The van der Waals surface area contributed by atoms with Gasteiger partial charge in [-0.15, -0.1) is 0 Å². The number of carbonyl (C=O) groups excluding carboxylic acids is 1. The quantitative estimate of drug-likeness (QED) is 0.858. The third-order valence-corrected chi connectivity index (χ3v) is 5.85. The Labute approximate surface area is 166 Å². The molecule has 1 aromatic carbocycles. The van der Waals surface area contributed by atoms with Crippen molar-refractivity contribution in [2.45, 2.75) is 38.1 Å². The average Bonchev–Trinajstić information content (AvgIpc) is 2.95. The highest BCUT2D eigenvalue weighted by Gasteiger charge is 2.32. The second-order valence-corrected chi connectivity index (χ2v) is 8.04. The van der Waals surface area contributed by atoms with E-state index in [0.717, 1.165) is 25.2 Å². The van der Waals surface area contributed by atoms with Crippen LogP contribution in [0, 0.1) is 5.92 Å². The van der Waals surface area contributed by atoms with Gasteiger partial charge < -0.3 is 19.6 Å². The van der Waals surface area contributed by atoms with Crippen molar-refractivity contribution in [3.8, 4) is 0 Å². The Hall–Kier alpha value is -2.41. The number of nitrogens with one attached hydrogen (secondary N) is 1. The average molecular weight is 383 g/mol. The molecule has 0 saturated carbocycles. The van der Waals surface area contributed by atoms with Crippen molar-refractivity contribution in [1.82, 2.24) is 25.3 Å². The molecule has 2 amide bonds. The van der Waals surface area contributed by atoms with Crippen LogP contribution >= 0.6 is 0 Å². The van der Waals surface area contributed by atoms with Gasteiger partial charge >= 0.3 is 6.03 Å². The van der Waals surface area contributed by atoms with Crippen LogP contribution in [0.4, 0.5) is 4.79 Å². The van der Waals surface area contributed by atoms with Crippen molar-refractivity contribution in [3.63, 3.8) is 0 Å². The minimum absolute atomic E-state index is 0.0243. The van der Waals surface area contributed by atoms with Crippen molar-refractivity contribution in [2.24, 2.45) is 5.92 Å². The molecule has 2 fully saturated rings. The van der Waals surface area contributed by atoms with Crippen LogP contribution in [0.15, 0.2) is 34.9 Å². The number of benzene rings is 1. The summed E-state index contributed by atoms with van der Waals surface area (Å²) in [7, 11) is 2.19. The molecule has 28 heavy (non-hydrogen) atoms. The molecule has 150 valence electrons. The van der Waals surface area contributed by atoms with Gasteiger partial charge in [0.05, 0.1) is 0 Å². The molecular weight excluding hydrogens is 354 g/mol. The van der Waals surface area contributed by atoms with E-state index in [-0.39, 0.29) is 6.03 Å². The smallest absolute Gasteiger partial charge is 0.317 e. The summed E-state index contributed by atoms with van der Waals surface area (Å²) in [4.78, 5) is 21.5. The fourth-order valence-corrected chi connectivity index (χ4v) is 4.33. The van der Waals surface area contributed by atoms with Gasteiger partial charge in [-0.3, -0.25) is 0 Å². The normalized spacial score (nSPS) is 22.7. The first kappa shape index (κ1) is 18.9. The second-order valence-electron chi connectivity index (χ2n) is 8.04. The standard InChI is InChI=1S/C21H29N5O2/c1-25-13-17-8-5-9-18(25)15-26(14-17)21(27)22-11-10-20-23-19(24-28-20)12-16-6-3-2-4-7-16/h2-4,6-7,17-18H,5,8-15H2,1H3,(H,22,27). The van der Waals surface area contributed by atoms with Crippen LogP contribution in [-0.4, -0.2) is 65.2 Å². The summed E-state index contributed by atoms with van der Waals surface area (Å²) >= 11 is 0. The number of amides is 2. The maximum absolute atomic E-state index is 12.7. The van der Waals surface area contributed by atoms with Crippen LogP contribution in [0.3, 0.4) is 0 Å². The first-order valence-corrected chi connectivity index (χ1v) is 10.3. The molecule has 4 rings (SSSR count). The maximum Gasteiger partial charge on any atom is 0.317 e. The molecule has 7 heteroatoms. The van der Waals surface area contributed by atoms with E-state index in [0.29, 0.717) is 43.1 Å². The number of carbonyl (C=O) groups is 1. The van der Waals surface area contributed by atoms with Gasteiger partial charge in [0.25, 0.3) is 0 Å². The highest BCUT2D eigenvalue weighted by atomic mass is 16.5. The molecule has 2 bridgehead atoms. The Morgan fingerprint density at radius 3 is 2.93 bits per heavy atom. The molecule has 2 unspecified atom stereocenters. The van der Waals surface area contributed by atoms with Gasteiger partial charge in [-0.1, -0.05) is 41.9 Å². The summed E-state index contributed by atoms with van der Waals surface area (Å²) in [5, 5.41) is 7.08. The first-order valence-electron chi connectivity index (χ1n) is 10.3. The number of aromatic nitrogens is 2. The highest BCUT2D eigenvalue weighted by molar-refractivity contribution is 5.74. The van der Waals surface area contributed by atoms with Crippen molar-refractivity contribution in [3.05, 3.63) is 47.6 Å². The number of likely N-dealkylation sites (tertiary alicyclic amines) is 1. The predicted octanol–water partition coefficient (Wildman–Crippen LogP) is 2.33. The van der Waals surface area contributed by atoms with Crippen LogP contribution in [0.2, 0.25) is 0 Å². The second kappa shape index (κ2) is 8.73. The summed E-state index contributed by atoms with van der Waals surface area (Å²) in [6, 6.07) is 10.6. The molecule has 1 aromatic heterocycles. The number of hydrogen-bond donors (Lipinski definition) is 1. The number of nitrogens with zero attached hydrogens (tertiary/aromatic N) is 4. The van der Waals surface area contributed by atoms with Crippen molar-refractivity contribution in [2.75, 3.05) is 33.2 Å². The molecule has 2 aliphatic heterocycles. The van der Waals surface area contributed by atoms with E-state index in [1.165, 1.54) is 19.3 Å². The van der Waals surface area contributed by atoms with Gasteiger partial charge in [-0.25, -0.2) is 4.79 Å². The number of fused-ring (bicyclic) bond motifs is 3. The van der Waals surface area contributed by atoms with Gasteiger partial charge in [-0.05, 0) is 31.4 Å². The van der Waals surface area contributed by atoms with Crippen LogP contribution in [0.25, 0.3) is 0 Å². The molecule has 0 spiro atoms. The SMILES string of the molecule is CN1CC2CCCC1CN(C(=O)NCCc1nc(Cc3ccccc3)no1)C2. The number of urea groups is 1. The Kier molecular flexibility index (Phi) is 5.90. The minimum atomic E-state index is 0.0243. The van der Waals surface area contributed by atoms with Gasteiger partial charge in [0.2, 0.25) is 5.89 Å². The van der Waals surface area contributed by atoms with Gasteiger partial charge in [0.15, 0.2) is 5.82 Å². The molecule has 2 saturated heterocycles. The molecule has 3 heterocycles. The zero-order chi connectivity index (χ0) is 19.3. The lowest BCUT2D eigenvalue weighted by atomic mass is 10.00. The Morgan fingerprint density at radius 2 is 2.07 bits per heavy atom. The number of likely N-dealkylation sites (N-methyl/N-ethyl adjacent to an activating group) is 1. The lowest BCUT2D eigenvalue weighted by Gasteiger charge is -2.29. The summed E-state index contributed by atoms with van der Waals surface area (Å²) < 4.78 is 5.33. The van der Waals surface area contributed by atoms with Crippen LogP contribution in [-0.2, 0) is 12.8 Å². The number of rotatable bonds is 5. The monoisotopic (exact) mass is 383 g/mol. The molecule has 2 aromatic rings. The van der Waals surface area contributed by atoms with E-state index in [1.807, 2.05) is 35.2 Å². The predicted molar refractivity (Wildman–Crippen MR) is 106 cm³/mol. The van der Waals surface area contributed by atoms with E-state index >= 15 is 0 Å². The number of hydrogen-bond acceptors (Lipinski definition) is 5. The molecular formula is C21H29N5O2. The molecule has 1 N–H and O–H groups in total. The van der Waals surface area contributed by atoms with Gasteiger partial charge in [0.1, 0.15) is 0 Å². The van der Waals surface area contributed by atoms with Crippen LogP contribution in [0.5, 0.6) is 0 Å². The Bertz CT molecular complexity index is 778. The molecule has 0 radical (unpaired) electrons. The van der Waals surface area contributed by atoms with Crippen molar-refractivity contribution < 1.29 is 9.32 Å². The van der Waals surface area contributed by atoms with Crippen LogP contribution < -0.4 is 5.32 Å². The minimum Gasteiger partial charge on any atom is -0.339 e. The topological polar surface area (TPSA) is 74.5 Å². The maximum atomic E-state index is 12.7. The van der Waals surface area contributed by atoms with E-state index in [1.54, 1.807) is 0 Å². The summed E-state index contributed by atoms with van der Waals surface area (Å²) in [6.07, 6.45) is 4.88. The largest absolute Gasteiger partial charge is 0.339 e. The third kappa shape index (κ3) is 4.70. The zero-order valence-corrected chi connectivity index (χ0v) is 16.5. The Morgan fingerprint density at radius 1 is 1.21 bits per heavy atom. The first-order chi connectivity index (χ1) is 13.7.